The molecule has 2 aliphatic rings. The topological polar surface area (TPSA) is 109 Å². The number of hydrogen-bond acceptors (Lipinski definition) is 8. The van der Waals surface area contributed by atoms with Crippen LogP contribution >= 0.6 is 11.3 Å². The number of amides is 2. The fraction of sp³-hybridized carbons (Fsp3) is 0.444. The number of aromatic nitrogens is 1. The molecule has 2 aromatic carbocycles. The van der Waals surface area contributed by atoms with Gasteiger partial charge in [0.25, 0.3) is 5.91 Å². The zero-order valence-electron chi connectivity index (χ0n) is 22.7. The second-order valence-corrected chi connectivity index (χ2v) is 12.8. The van der Waals surface area contributed by atoms with Crippen LogP contribution in [0.25, 0.3) is 10.2 Å². The van der Waals surface area contributed by atoms with Gasteiger partial charge in [-0.2, -0.15) is 17.5 Å². The SMILES string of the molecule is CCOC(=O)N1CCN(S(=O)(=O)c2ccc(C(=O)N(CC3CCCO3)c3nc4c(C(F)(F)F)cccc4s3)cc2)CC1. The van der Waals surface area contributed by atoms with Gasteiger partial charge in [-0.3, -0.25) is 9.69 Å². The van der Waals surface area contributed by atoms with Gasteiger partial charge in [0.1, 0.15) is 0 Å². The highest BCUT2D eigenvalue weighted by molar-refractivity contribution is 7.89. The Hall–Kier alpha value is -3.27. The minimum Gasteiger partial charge on any atom is -0.450 e. The van der Waals surface area contributed by atoms with Crippen molar-refractivity contribution in [1.29, 1.82) is 0 Å². The summed E-state index contributed by atoms with van der Waals surface area (Å²) in [4.78, 5) is 32.6. The molecule has 0 bridgehead atoms. The van der Waals surface area contributed by atoms with Gasteiger partial charge in [-0.25, -0.2) is 18.2 Å². The molecule has 3 heterocycles. The minimum absolute atomic E-state index is 0.0240. The van der Waals surface area contributed by atoms with Gasteiger partial charge in [-0.05, 0) is 56.2 Å². The van der Waals surface area contributed by atoms with Crippen molar-refractivity contribution in [2.45, 2.75) is 36.9 Å². The third kappa shape index (κ3) is 6.23. The molecule has 2 fully saturated rings. The van der Waals surface area contributed by atoms with E-state index in [0.717, 1.165) is 23.8 Å². The van der Waals surface area contributed by atoms with Gasteiger partial charge < -0.3 is 14.4 Å². The van der Waals surface area contributed by atoms with Gasteiger partial charge in [0.15, 0.2) is 5.13 Å². The summed E-state index contributed by atoms with van der Waals surface area (Å²) >= 11 is 0.972. The third-order valence-electron chi connectivity index (χ3n) is 7.10. The first kappa shape index (κ1) is 30.2. The van der Waals surface area contributed by atoms with Crippen molar-refractivity contribution >= 4 is 48.7 Å². The van der Waals surface area contributed by atoms with Crippen molar-refractivity contribution in [2.24, 2.45) is 0 Å². The molecule has 10 nitrogen and oxygen atoms in total. The molecule has 3 aromatic rings. The summed E-state index contributed by atoms with van der Waals surface area (Å²) in [7, 11) is -3.90. The molecular formula is C27H29F3N4O6S2. The summed E-state index contributed by atoms with van der Waals surface area (Å²) in [5.41, 5.74) is -0.973. The zero-order valence-corrected chi connectivity index (χ0v) is 24.3. The Kier molecular flexibility index (Phi) is 8.73. The fourth-order valence-corrected chi connectivity index (χ4v) is 7.34. The Morgan fingerprint density at radius 1 is 1.12 bits per heavy atom. The number of benzene rings is 2. The van der Waals surface area contributed by atoms with Crippen LogP contribution < -0.4 is 4.90 Å². The first-order valence-corrected chi connectivity index (χ1v) is 15.7. The van der Waals surface area contributed by atoms with Crippen LogP contribution in [0.2, 0.25) is 0 Å². The van der Waals surface area contributed by atoms with E-state index in [0.29, 0.717) is 13.0 Å². The summed E-state index contributed by atoms with van der Waals surface area (Å²) in [5.74, 6) is -0.537. The highest BCUT2D eigenvalue weighted by Gasteiger charge is 2.35. The van der Waals surface area contributed by atoms with E-state index < -0.39 is 33.8 Å². The van der Waals surface area contributed by atoms with E-state index in [2.05, 4.69) is 4.98 Å². The van der Waals surface area contributed by atoms with E-state index in [1.165, 1.54) is 50.5 Å². The van der Waals surface area contributed by atoms with E-state index in [-0.39, 0.29) is 71.2 Å². The summed E-state index contributed by atoms with van der Waals surface area (Å²) in [5, 5.41) is 0.0957. The number of carbonyl (C=O) groups is 2. The van der Waals surface area contributed by atoms with E-state index in [1.807, 2.05) is 0 Å². The second kappa shape index (κ2) is 12.1. The quantitative estimate of drug-likeness (QED) is 0.377. The number of anilines is 1. The molecule has 0 N–H and O–H groups in total. The van der Waals surface area contributed by atoms with Crippen molar-refractivity contribution in [1.82, 2.24) is 14.2 Å². The largest absolute Gasteiger partial charge is 0.450 e. The zero-order chi connectivity index (χ0) is 30.1. The third-order valence-corrected chi connectivity index (χ3v) is 10.1. The molecule has 42 heavy (non-hydrogen) atoms. The number of nitrogens with zero attached hydrogens (tertiary/aromatic N) is 4. The maximum absolute atomic E-state index is 13.7. The fourth-order valence-electron chi connectivity index (χ4n) is 4.92. The molecule has 15 heteroatoms. The number of alkyl halides is 3. The Morgan fingerprint density at radius 3 is 2.45 bits per heavy atom. The van der Waals surface area contributed by atoms with Crippen LogP contribution in [-0.4, -0.2) is 86.6 Å². The maximum Gasteiger partial charge on any atom is 0.418 e. The maximum atomic E-state index is 13.7. The number of sulfonamides is 1. The molecule has 0 aliphatic carbocycles. The van der Waals surface area contributed by atoms with E-state index in [1.54, 1.807) is 6.92 Å². The number of rotatable bonds is 7. The van der Waals surface area contributed by atoms with Crippen molar-refractivity contribution < 1.29 is 40.7 Å². The second-order valence-electron chi connectivity index (χ2n) is 9.81. The lowest BCUT2D eigenvalue weighted by molar-refractivity contribution is -0.136. The Morgan fingerprint density at radius 2 is 1.83 bits per heavy atom. The van der Waals surface area contributed by atoms with Gasteiger partial charge in [0.2, 0.25) is 10.0 Å². The smallest absolute Gasteiger partial charge is 0.418 e. The van der Waals surface area contributed by atoms with Crippen LogP contribution in [0, 0.1) is 0 Å². The molecule has 1 aromatic heterocycles. The van der Waals surface area contributed by atoms with Crippen LogP contribution in [-0.2, 0) is 25.7 Å². The predicted molar refractivity (Wildman–Crippen MR) is 149 cm³/mol. The van der Waals surface area contributed by atoms with E-state index in [4.69, 9.17) is 9.47 Å². The summed E-state index contributed by atoms with van der Waals surface area (Å²) in [6, 6.07) is 9.17. The standard InChI is InChI=1S/C27H29F3N4O6S2/c1-2-39-26(36)32-12-14-33(15-13-32)42(37,38)20-10-8-18(9-11-20)24(35)34(17-19-5-4-16-40-19)25-31-23-21(27(28,29)30)6-3-7-22(23)41-25/h3,6-11,19H,2,4-5,12-17H2,1H3. The molecule has 0 spiro atoms. The van der Waals surface area contributed by atoms with Crippen LogP contribution in [0.3, 0.4) is 0 Å². The molecule has 0 saturated carbocycles. The first-order valence-electron chi connectivity index (χ1n) is 13.4. The molecule has 2 aliphatic heterocycles. The summed E-state index contributed by atoms with van der Waals surface area (Å²) in [6.07, 6.45) is -3.93. The lowest BCUT2D eigenvalue weighted by Crippen LogP contribution is -2.50. The lowest BCUT2D eigenvalue weighted by atomic mass is 10.1. The summed E-state index contributed by atoms with van der Waals surface area (Å²) in [6.45, 7) is 3.08. The monoisotopic (exact) mass is 626 g/mol. The highest BCUT2D eigenvalue weighted by atomic mass is 32.2. The number of hydrogen-bond donors (Lipinski definition) is 0. The van der Waals surface area contributed by atoms with Crippen molar-refractivity contribution in [3.05, 3.63) is 53.6 Å². The van der Waals surface area contributed by atoms with Gasteiger partial charge >= 0.3 is 12.3 Å². The number of fused-ring (bicyclic) bond motifs is 1. The molecule has 226 valence electrons. The predicted octanol–water partition coefficient (Wildman–Crippen LogP) is 4.60. The van der Waals surface area contributed by atoms with Gasteiger partial charge in [-0.1, -0.05) is 17.4 Å². The normalized spacial score (nSPS) is 18.4. The number of piperazine rings is 1. The average molecular weight is 627 g/mol. The Labute approximate surface area is 244 Å². The molecule has 5 rings (SSSR count). The van der Waals surface area contributed by atoms with E-state index in [9.17, 15) is 31.2 Å². The molecule has 0 radical (unpaired) electrons. The Bertz CT molecular complexity index is 1550. The van der Waals surface area contributed by atoms with Gasteiger partial charge in [0.05, 0.1) is 39.9 Å². The van der Waals surface area contributed by atoms with Gasteiger partial charge in [0, 0.05) is 38.3 Å². The number of halogens is 3. The van der Waals surface area contributed by atoms with Crippen molar-refractivity contribution in [3.8, 4) is 0 Å². The van der Waals surface area contributed by atoms with Crippen LogP contribution in [0.1, 0.15) is 35.7 Å². The van der Waals surface area contributed by atoms with Gasteiger partial charge in [-0.15, -0.1) is 0 Å². The van der Waals surface area contributed by atoms with Crippen LogP contribution in [0.4, 0.5) is 23.1 Å². The number of thiazole rings is 1. The molecule has 1 unspecified atom stereocenters. The van der Waals surface area contributed by atoms with Crippen LogP contribution in [0.15, 0.2) is 47.4 Å². The summed E-state index contributed by atoms with van der Waals surface area (Å²) < 4.78 is 79.6. The van der Waals surface area contributed by atoms with Crippen molar-refractivity contribution in [3.63, 3.8) is 0 Å². The average Bonchev–Trinajstić information content (AvgIpc) is 3.65. The molecule has 2 saturated heterocycles. The lowest BCUT2D eigenvalue weighted by Gasteiger charge is -2.33. The first-order chi connectivity index (χ1) is 20.0. The molecule has 2 amide bonds. The molecule has 1 atom stereocenters. The number of para-hydroxylation sites is 1. The highest BCUT2D eigenvalue weighted by Crippen LogP contribution is 2.39. The number of carbonyl (C=O) groups excluding carboxylic acids is 2. The number of ether oxygens (including phenoxy) is 2. The van der Waals surface area contributed by atoms with E-state index >= 15 is 0 Å². The van der Waals surface area contributed by atoms with Crippen LogP contribution in [0.5, 0.6) is 0 Å². The minimum atomic E-state index is -4.61. The Balaban J connectivity index is 1.38. The molecular weight excluding hydrogens is 597 g/mol. The van der Waals surface area contributed by atoms with Crippen molar-refractivity contribution in [2.75, 3.05) is 50.8 Å².